The van der Waals surface area contributed by atoms with Crippen molar-refractivity contribution in [3.63, 3.8) is 0 Å². The van der Waals surface area contributed by atoms with Crippen molar-refractivity contribution in [2.75, 3.05) is 13.7 Å². The van der Waals surface area contributed by atoms with Crippen LogP contribution in [0.3, 0.4) is 0 Å². The average Bonchev–Trinajstić information content (AvgIpc) is 3.24. The van der Waals surface area contributed by atoms with Crippen molar-refractivity contribution >= 4 is 26.1 Å². The lowest BCUT2D eigenvalue weighted by Gasteiger charge is -2.41. The van der Waals surface area contributed by atoms with E-state index in [0.717, 1.165) is 0 Å². The first-order valence-electron chi connectivity index (χ1n) is 12.6. The van der Waals surface area contributed by atoms with Gasteiger partial charge in [-0.15, -0.1) is 0 Å². The topological polar surface area (TPSA) is 3.24 Å². The van der Waals surface area contributed by atoms with Crippen LogP contribution >= 0.6 is 15.5 Å². The minimum absolute atomic E-state index is 0.580. The molecule has 0 spiro atoms. The molecule has 0 radical (unpaired) electrons. The largest absolute Gasteiger partial charge is 0.154 e. The molecule has 2 atom stereocenters. The fourth-order valence-electron chi connectivity index (χ4n) is 5.79. The molecule has 1 fully saturated rings. The summed E-state index contributed by atoms with van der Waals surface area (Å²) in [5, 5.41) is 2.88. The highest BCUT2D eigenvalue weighted by molar-refractivity contribution is 7.86. The predicted octanol–water partition coefficient (Wildman–Crippen LogP) is 8.42. The van der Waals surface area contributed by atoms with Crippen LogP contribution in [0.5, 0.6) is 0 Å². The zero-order chi connectivity index (χ0) is 24.4. The Morgan fingerprint density at radius 2 is 0.971 bits per heavy atom. The molecule has 0 amide bonds. The molecular weight excluding hydrogens is 460 g/mol. The molecule has 0 aliphatic carbocycles. The summed E-state index contributed by atoms with van der Waals surface area (Å²) >= 11 is 0. The van der Waals surface area contributed by atoms with Gasteiger partial charge < -0.3 is 0 Å². The van der Waals surface area contributed by atoms with E-state index in [4.69, 9.17) is 0 Å². The monoisotopic (exact) mass is 496 g/mol. The molecule has 0 unspecified atom stereocenters. The van der Waals surface area contributed by atoms with Crippen LogP contribution in [-0.2, 0) is 0 Å². The van der Waals surface area contributed by atoms with Crippen LogP contribution in [0.15, 0.2) is 109 Å². The minimum atomic E-state index is -1.63. The van der Waals surface area contributed by atoms with E-state index in [2.05, 4.69) is 141 Å². The Morgan fingerprint density at radius 1 is 0.600 bits per heavy atom. The van der Waals surface area contributed by atoms with Crippen molar-refractivity contribution < 1.29 is 0 Å². The van der Waals surface area contributed by atoms with E-state index in [1.807, 2.05) is 0 Å². The molecular formula is C32H36NP2+. The van der Waals surface area contributed by atoms with E-state index >= 15 is 0 Å². The summed E-state index contributed by atoms with van der Waals surface area (Å²) in [4.78, 5) is 0. The van der Waals surface area contributed by atoms with Gasteiger partial charge in [0.05, 0.1) is 22.2 Å². The van der Waals surface area contributed by atoms with Crippen LogP contribution in [0.1, 0.15) is 46.4 Å². The van der Waals surface area contributed by atoms with Crippen molar-refractivity contribution in [3.8, 4) is 0 Å². The van der Waals surface area contributed by atoms with Gasteiger partial charge in [-0.1, -0.05) is 120 Å². The second kappa shape index (κ2) is 10.4. The van der Waals surface area contributed by atoms with E-state index in [0.29, 0.717) is 11.3 Å². The van der Waals surface area contributed by atoms with E-state index < -0.39 is 15.5 Å². The highest BCUT2D eigenvalue weighted by atomic mass is 31.2. The summed E-state index contributed by atoms with van der Waals surface area (Å²) in [5.74, 6) is 0. The third-order valence-electron chi connectivity index (χ3n) is 7.81. The van der Waals surface area contributed by atoms with Crippen molar-refractivity contribution in [2.24, 2.45) is 0 Å². The maximum Gasteiger partial charge on any atom is 0.111 e. The molecule has 1 heterocycles. The molecule has 1 nitrogen and oxygen atoms in total. The van der Waals surface area contributed by atoms with E-state index in [1.165, 1.54) is 45.7 Å². The van der Waals surface area contributed by atoms with Gasteiger partial charge in [0.15, 0.2) is 0 Å². The normalized spacial score (nSPS) is 19.4. The SMILES string of the molecule is Cc1ccc([C@@H]2CC[C@@H](c3ccc(C)cc3)[P+]2(C)N(C)P(c2ccccc2)c2ccccc2)cc1. The van der Waals surface area contributed by atoms with E-state index in [-0.39, 0.29) is 0 Å². The van der Waals surface area contributed by atoms with E-state index in [9.17, 15) is 0 Å². The van der Waals surface area contributed by atoms with Gasteiger partial charge in [-0.2, -0.15) is 4.44 Å². The maximum absolute atomic E-state index is 2.87. The Kier molecular flexibility index (Phi) is 7.22. The van der Waals surface area contributed by atoms with Crippen molar-refractivity contribution in [1.82, 2.24) is 4.44 Å². The molecule has 5 rings (SSSR count). The molecule has 1 aliphatic heterocycles. The predicted molar refractivity (Wildman–Crippen MR) is 157 cm³/mol. The molecule has 3 heteroatoms. The number of benzene rings is 4. The lowest BCUT2D eigenvalue weighted by Crippen LogP contribution is -2.28. The van der Waals surface area contributed by atoms with Gasteiger partial charge >= 0.3 is 0 Å². The fourth-order valence-corrected chi connectivity index (χ4v) is 14.7. The van der Waals surface area contributed by atoms with E-state index in [1.54, 1.807) is 0 Å². The molecule has 1 saturated heterocycles. The first-order chi connectivity index (χ1) is 17.0. The highest BCUT2D eigenvalue weighted by Crippen LogP contribution is 2.86. The molecule has 4 aromatic carbocycles. The summed E-state index contributed by atoms with van der Waals surface area (Å²) in [7, 11) is 0.172. The fraction of sp³-hybridized carbons (Fsp3) is 0.250. The molecule has 4 aromatic rings. The van der Waals surface area contributed by atoms with Gasteiger partial charge in [-0.3, -0.25) is 0 Å². The number of aryl methyl sites for hydroxylation is 2. The van der Waals surface area contributed by atoms with Crippen molar-refractivity contribution in [3.05, 3.63) is 131 Å². The Morgan fingerprint density at radius 3 is 1.34 bits per heavy atom. The first kappa shape index (κ1) is 24.4. The Bertz CT molecular complexity index is 1140. The van der Waals surface area contributed by atoms with Gasteiger partial charge in [-0.05, 0) is 48.4 Å². The second-order valence-corrected chi connectivity index (χ2v) is 16.6. The zero-order valence-electron chi connectivity index (χ0n) is 21.3. The van der Waals surface area contributed by atoms with Gasteiger partial charge in [-0.25, -0.2) is 0 Å². The smallest absolute Gasteiger partial charge is 0.111 e. The van der Waals surface area contributed by atoms with Gasteiger partial charge in [0.25, 0.3) is 0 Å². The van der Waals surface area contributed by atoms with Gasteiger partial charge in [0.2, 0.25) is 0 Å². The van der Waals surface area contributed by atoms with Crippen molar-refractivity contribution in [2.45, 2.75) is 38.0 Å². The van der Waals surface area contributed by atoms with Crippen molar-refractivity contribution in [1.29, 1.82) is 0 Å². The maximum atomic E-state index is 2.87. The standard InChI is InChI=1S/C32H36NP2/c1-25-15-19-27(20-16-25)31-23-24-32(28-21-17-26(2)18-22-28)35(31,4)33(3)34(29-11-7-5-8-12-29)30-13-9-6-10-14-30/h5-22,31-32H,23-24H2,1-4H3/q+1/t31-,32-/m0/s1. The quantitative estimate of drug-likeness (QED) is 0.242. The highest BCUT2D eigenvalue weighted by Gasteiger charge is 2.59. The lowest BCUT2D eigenvalue weighted by atomic mass is 10.0. The number of hydrogen-bond donors (Lipinski definition) is 0. The Hall–Kier alpha value is -2.30. The third kappa shape index (κ3) is 4.75. The molecule has 178 valence electrons. The second-order valence-electron chi connectivity index (χ2n) is 10.00. The minimum Gasteiger partial charge on any atom is -0.154 e. The van der Waals surface area contributed by atoms with Crippen LogP contribution in [0.2, 0.25) is 0 Å². The summed E-state index contributed by atoms with van der Waals surface area (Å²) in [6.45, 7) is 7.03. The van der Waals surface area contributed by atoms with Crippen LogP contribution < -0.4 is 10.6 Å². The van der Waals surface area contributed by atoms with Gasteiger partial charge in [0, 0.05) is 7.05 Å². The number of hydrogen-bond acceptors (Lipinski definition) is 1. The number of nitrogens with zero attached hydrogens (tertiary/aromatic N) is 1. The van der Waals surface area contributed by atoms with Crippen LogP contribution in [0.4, 0.5) is 0 Å². The third-order valence-corrected chi connectivity index (χ3v) is 16.5. The van der Waals surface area contributed by atoms with Crippen LogP contribution in [0.25, 0.3) is 0 Å². The zero-order valence-corrected chi connectivity index (χ0v) is 23.1. The molecule has 0 saturated carbocycles. The molecule has 0 bridgehead atoms. The molecule has 35 heavy (non-hydrogen) atoms. The molecule has 0 N–H and O–H groups in total. The Balaban J connectivity index is 1.66. The summed E-state index contributed by atoms with van der Waals surface area (Å²) < 4.78 is 2.87. The first-order valence-corrected chi connectivity index (χ1v) is 16.2. The summed E-state index contributed by atoms with van der Waals surface area (Å²) in [5.41, 5.74) is 6.87. The molecule has 1 aliphatic rings. The molecule has 0 aromatic heterocycles. The Labute approximate surface area is 213 Å². The summed E-state index contributed by atoms with van der Waals surface area (Å²) in [6, 6.07) is 41.2. The lowest BCUT2D eigenvalue weighted by molar-refractivity contribution is 0.765. The number of rotatable bonds is 6. The van der Waals surface area contributed by atoms with Crippen LogP contribution in [-0.4, -0.2) is 18.2 Å². The van der Waals surface area contributed by atoms with Gasteiger partial charge in [0.1, 0.15) is 11.3 Å². The van der Waals surface area contributed by atoms with Crippen LogP contribution in [0, 0.1) is 13.8 Å². The summed E-state index contributed by atoms with van der Waals surface area (Å²) in [6.07, 6.45) is 2.51. The average molecular weight is 497 g/mol.